The first-order valence-electron chi connectivity index (χ1n) is 12.2. The Kier molecular flexibility index (Phi) is 4.64. The molecule has 0 radical (unpaired) electrons. The minimum atomic E-state index is -0.803. The van der Waals surface area contributed by atoms with Crippen molar-refractivity contribution in [1.82, 2.24) is 0 Å². The lowest BCUT2D eigenvalue weighted by molar-refractivity contribution is -0.206. The molecule has 1 aromatic rings. The van der Waals surface area contributed by atoms with Crippen molar-refractivity contribution >= 4 is 5.97 Å². The zero-order chi connectivity index (χ0) is 24.1. The maximum Gasteiger partial charge on any atom is 0.343 e. The maximum absolute atomic E-state index is 12.8. The third-order valence-corrected chi connectivity index (χ3v) is 10.1. The average Bonchev–Trinajstić information content (AvgIpc) is 3.10. The number of allylic oxidation sites excluding steroid dienone is 1. The molecule has 180 valence electrons. The van der Waals surface area contributed by atoms with Gasteiger partial charge in [-0.25, -0.2) is 4.79 Å². The monoisotopic (exact) mass is 456 g/mol. The fourth-order valence-corrected chi connectivity index (χ4v) is 8.16. The van der Waals surface area contributed by atoms with Crippen LogP contribution in [0.15, 0.2) is 20.9 Å². The number of fused-ring (bicyclic) bond motifs is 5. The van der Waals surface area contributed by atoms with Gasteiger partial charge in [0.05, 0.1) is 18.1 Å². The molecular weight excluding hydrogens is 420 g/mol. The van der Waals surface area contributed by atoms with Gasteiger partial charge in [0.2, 0.25) is 0 Å². The van der Waals surface area contributed by atoms with E-state index in [1.54, 1.807) is 6.92 Å². The maximum atomic E-state index is 12.8. The van der Waals surface area contributed by atoms with E-state index >= 15 is 0 Å². The molecule has 3 heterocycles. The molecule has 2 aliphatic carbocycles. The Bertz CT molecular complexity index is 1130. The number of aliphatic hydroxyl groups is 1. The number of esters is 1. The highest BCUT2D eigenvalue weighted by atomic mass is 16.6. The molecule has 0 bridgehead atoms. The molecule has 2 fully saturated rings. The summed E-state index contributed by atoms with van der Waals surface area (Å²) in [5.41, 5.74) is 0.0648. The molecule has 5 rings (SSSR count). The van der Waals surface area contributed by atoms with E-state index in [0.29, 0.717) is 23.5 Å². The Morgan fingerprint density at radius 2 is 1.73 bits per heavy atom. The second-order valence-electron chi connectivity index (χ2n) is 11.8. The van der Waals surface area contributed by atoms with Crippen LogP contribution in [0, 0.1) is 36.5 Å². The number of aryl methyl sites for hydroxylation is 1. The van der Waals surface area contributed by atoms with Gasteiger partial charge in [-0.1, -0.05) is 19.9 Å². The number of rotatable bonds is 0. The van der Waals surface area contributed by atoms with Crippen LogP contribution in [0.2, 0.25) is 0 Å². The van der Waals surface area contributed by atoms with Crippen molar-refractivity contribution in [2.75, 3.05) is 0 Å². The van der Waals surface area contributed by atoms with Crippen molar-refractivity contribution in [3.05, 3.63) is 39.0 Å². The SMILES string of the molecule is CC1=CCC2C3(C)C(O)CC(=O)OC(C)(C)C3CCC2(C)C12Cc1c(c(C)c(C)oc1=O)O2. The van der Waals surface area contributed by atoms with Gasteiger partial charge in [0, 0.05) is 28.7 Å². The van der Waals surface area contributed by atoms with Crippen molar-refractivity contribution in [2.24, 2.45) is 22.7 Å². The van der Waals surface area contributed by atoms with E-state index in [1.807, 2.05) is 20.8 Å². The van der Waals surface area contributed by atoms with Crippen molar-refractivity contribution in [3.63, 3.8) is 0 Å². The van der Waals surface area contributed by atoms with Gasteiger partial charge in [0.25, 0.3) is 0 Å². The highest BCUT2D eigenvalue weighted by molar-refractivity contribution is 5.71. The lowest BCUT2D eigenvalue weighted by Gasteiger charge is -2.65. The van der Waals surface area contributed by atoms with Crippen LogP contribution in [0.1, 0.15) is 77.2 Å². The minimum Gasteiger partial charge on any atom is -0.481 e. The van der Waals surface area contributed by atoms with Gasteiger partial charge in [-0.3, -0.25) is 4.79 Å². The van der Waals surface area contributed by atoms with Crippen LogP contribution in [0.25, 0.3) is 0 Å². The summed E-state index contributed by atoms with van der Waals surface area (Å²) in [6, 6.07) is 0. The third-order valence-electron chi connectivity index (χ3n) is 10.1. The average molecular weight is 457 g/mol. The quantitative estimate of drug-likeness (QED) is 0.460. The summed E-state index contributed by atoms with van der Waals surface area (Å²) < 4.78 is 18.2. The summed E-state index contributed by atoms with van der Waals surface area (Å²) in [4.78, 5) is 25.4. The second-order valence-corrected chi connectivity index (χ2v) is 11.8. The van der Waals surface area contributed by atoms with Crippen LogP contribution in [-0.4, -0.2) is 28.4 Å². The minimum absolute atomic E-state index is 0.00167. The van der Waals surface area contributed by atoms with E-state index in [1.165, 1.54) is 0 Å². The molecule has 1 aromatic heterocycles. The smallest absolute Gasteiger partial charge is 0.343 e. The highest BCUT2D eigenvalue weighted by Gasteiger charge is 2.70. The largest absolute Gasteiger partial charge is 0.481 e. The molecule has 1 saturated carbocycles. The normalized spacial score (nSPS) is 41.3. The summed E-state index contributed by atoms with van der Waals surface area (Å²) >= 11 is 0. The molecule has 1 spiro atoms. The molecule has 0 aromatic carbocycles. The Labute approximate surface area is 195 Å². The van der Waals surface area contributed by atoms with E-state index in [4.69, 9.17) is 13.9 Å². The number of carbonyl (C=O) groups excluding carboxylic acids is 1. The third kappa shape index (κ3) is 2.70. The van der Waals surface area contributed by atoms with E-state index in [9.17, 15) is 14.7 Å². The van der Waals surface area contributed by atoms with Crippen LogP contribution in [0.5, 0.6) is 5.75 Å². The van der Waals surface area contributed by atoms with Gasteiger partial charge in [0.1, 0.15) is 22.7 Å². The van der Waals surface area contributed by atoms with Crippen molar-refractivity contribution in [1.29, 1.82) is 0 Å². The summed E-state index contributed by atoms with van der Waals surface area (Å²) in [6.07, 6.45) is 4.35. The first-order chi connectivity index (χ1) is 15.3. The first kappa shape index (κ1) is 22.7. The van der Waals surface area contributed by atoms with Gasteiger partial charge in [-0.15, -0.1) is 0 Å². The molecule has 4 aliphatic rings. The molecule has 6 heteroatoms. The Balaban J connectivity index is 1.68. The molecule has 6 unspecified atom stereocenters. The number of aliphatic hydroxyl groups excluding tert-OH is 1. The summed E-state index contributed by atoms with van der Waals surface area (Å²) in [5.74, 6) is 0.980. The summed E-state index contributed by atoms with van der Waals surface area (Å²) in [6.45, 7) is 14.2. The van der Waals surface area contributed by atoms with Gasteiger partial charge >= 0.3 is 11.6 Å². The molecule has 2 aliphatic heterocycles. The predicted octanol–water partition coefficient (Wildman–Crippen LogP) is 4.41. The Morgan fingerprint density at radius 1 is 1.03 bits per heavy atom. The molecule has 0 amide bonds. The zero-order valence-electron chi connectivity index (χ0n) is 20.8. The molecule has 1 N–H and O–H groups in total. The summed E-state index contributed by atoms with van der Waals surface area (Å²) in [5, 5.41) is 11.5. The molecule has 33 heavy (non-hydrogen) atoms. The number of hydrogen-bond acceptors (Lipinski definition) is 6. The number of carbonyl (C=O) groups is 1. The van der Waals surface area contributed by atoms with Gasteiger partial charge < -0.3 is 19.0 Å². The number of cyclic esters (lactones) is 1. The fourth-order valence-electron chi connectivity index (χ4n) is 8.16. The van der Waals surface area contributed by atoms with Crippen LogP contribution < -0.4 is 10.4 Å². The highest BCUT2D eigenvalue weighted by Crippen LogP contribution is 2.69. The van der Waals surface area contributed by atoms with Crippen molar-refractivity contribution < 1.29 is 23.8 Å². The van der Waals surface area contributed by atoms with Gasteiger partial charge in [-0.2, -0.15) is 0 Å². The van der Waals surface area contributed by atoms with Crippen molar-refractivity contribution in [3.8, 4) is 5.75 Å². The van der Waals surface area contributed by atoms with E-state index in [-0.39, 0.29) is 35.3 Å². The molecular formula is C27H36O6. The van der Waals surface area contributed by atoms with Gasteiger partial charge in [0.15, 0.2) is 0 Å². The fraction of sp³-hybridized carbons (Fsp3) is 0.704. The van der Waals surface area contributed by atoms with Gasteiger partial charge in [-0.05, 0) is 65.4 Å². The Hall–Kier alpha value is -2.08. The van der Waals surface area contributed by atoms with Crippen LogP contribution in [-0.2, 0) is 16.0 Å². The predicted molar refractivity (Wildman–Crippen MR) is 123 cm³/mol. The van der Waals surface area contributed by atoms with Crippen molar-refractivity contribution in [2.45, 2.75) is 97.9 Å². The van der Waals surface area contributed by atoms with E-state index in [0.717, 1.165) is 30.4 Å². The lowest BCUT2D eigenvalue weighted by atomic mass is 9.41. The van der Waals surface area contributed by atoms with Crippen LogP contribution in [0.4, 0.5) is 0 Å². The molecule has 6 nitrogen and oxygen atoms in total. The number of hydrogen-bond donors (Lipinski definition) is 1. The summed E-state index contributed by atoms with van der Waals surface area (Å²) in [7, 11) is 0. The number of ether oxygens (including phenoxy) is 2. The second kappa shape index (κ2) is 6.74. The molecule has 1 saturated heterocycles. The first-order valence-corrected chi connectivity index (χ1v) is 12.2. The Morgan fingerprint density at radius 3 is 2.42 bits per heavy atom. The topological polar surface area (TPSA) is 86.0 Å². The lowest BCUT2D eigenvalue weighted by Crippen LogP contribution is -2.67. The van der Waals surface area contributed by atoms with Crippen LogP contribution in [0.3, 0.4) is 0 Å². The van der Waals surface area contributed by atoms with E-state index < -0.39 is 22.7 Å². The molecule has 6 atom stereocenters. The standard InChI is InChI=1S/C27H36O6/c1-14-8-9-19-25(6,27(14)13-17-22(33-27)15(2)16(3)31-23(17)30)11-10-18-24(4,5)32-21(29)12-20(28)26(18,19)7/h8,18-20,28H,9-13H2,1-7H3. The van der Waals surface area contributed by atoms with Crippen LogP contribution >= 0.6 is 0 Å². The van der Waals surface area contributed by atoms with E-state index in [2.05, 4.69) is 26.8 Å². The zero-order valence-corrected chi connectivity index (χ0v) is 20.8.